The summed E-state index contributed by atoms with van der Waals surface area (Å²) in [6.07, 6.45) is 0. The number of aromatic nitrogens is 1. The minimum absolute atomic E-state index is 0.333. The summed E-state index contributed by atoms with van der Waals surface area (Å²) >= 11 is 0. The number of methoxy groups -OCH3 is 1. The number of rotatable bonds is 1. The summed E-state index contributed by atoms with van der Waals surface area (Å²) in [6, 6.07) is 3.52. The number of aryl methyl sites for hydroxylation is 2. The minimum atomic E-state index is -0.333. The quantitative estimate of drug-likeness (QED) is 0.592. The number of esters is 1. The van der Waals surface area contributed by atoms with Crippen LogP contribution in [0.25, 0.3) is 0 Å². The third kappa shape index (κ3) is 1.61. The summed E-state index contributed by atoms with van der Waals surface area (Å²) in [5.74, 6) is -0.333. The molecule has 0 saturated carbocycles. The first-order valence-corrected chi connectivity index (χ1v) is 3.67. The molecule has 64 valence electrons. The van der Waals surface area contributed by atoms with Crippen LogP contribution in [0.1, 0.15) is 21.7 Å². The van der Waals surface area contributed by atoms with Crippen molar-refractivity contribution in [2.24, 2.45) is 0 Å². The van der Waals surface area contributed by atoms with Gasteiger partial charge in [0.1, 0.15) is 0 Å². The Bertz CT molecular complexity index is 307. The summed E-state index contributed by atoms with van der Waals surface area (Å²) in [6.45, 7) is 3.67. The second-order valence-electron chi connectivity index (χ2n) is 2.58. The van der Waals surface area contributed by atoms with Crippen LogP contribution in [0.3, 0.4) is 0 Å². The van der Waals surface area contributed by atoms with E-state index in [4.69, 9.17) is 0 Å². The second-order valence-corrected chi connectivity index (χ2v) is 2.58. The van der Waals surface area contributed by atoms with Crippen molar-refractivity contribution in [3.63, 3.8) is 0 Å². The van der Waals surface area contributed by atoms with E-state index in [0.29, 0.717) is 11.3 Å². The molecule has 12 heavy (non-hydrogen) atoms. The largest absolute Gasteiger partial charge is 0.465 e. The van der Waals surface area contributed by atoms with Gasteiger partial charge in [0, 0.05) is 5.69 Å². The van der Waals surface area contributed by atoms with Crippen LogP contribution in [-0.2, 0) is 4.74 Å². The third-order valence-corrected chi connectivity index (χ3v) is 1.63. The molecule has 3 nitrogen and oxygen atoms in total. The Balaban J connectivity index is 3.09. The van der Waals surface area contributed by atoms with E-state index >= 15 is 0 Å². The van der Waals surface area contributed by atoms with Gasteiger partial charge in [0.2, 0.25) is 0 Å². The van der Waals surface area contributed by atoms with Gasteiger partial charge in [-0.05, 0) is 26.0 Å². The molecule has 0 radical (unpaired) electrons. The Hall–Kier alpha value is -1.38. The van der Waals surface area contributed by atoms with E-state index in [2.05, 4.69) is 9.72 Å². The highest BCUT2D eigenvalue weighted by Crippen LogP contribution is 2.07. The van der Waals surface area contributed by atoms with Crippen molar-refractivity contribution in [3.05, 3.63) is 29.1 Å². The van der Waals surface area contributed by atoms with Crippen molar-refractivity contribution < 1.29 is 9.53 Å². The lowest BCUT2D eigenvalue weighted by atomic mass is 10.2. The highest BCUT2D eigenvalue weighted by Gasteiger charge is 2.08. The molecule has 0 aromatic carbocycles. The maximum Gasteiger partial charge on any atom is 0.339 e. The van der Waals surface area contributed by atoms with Crippen LogP contribution >= 0.6 is 0 Å². The van der Waals surface area contributed by atoms with Crippen molar-refractivity contribution in [3.8, 4) is 0 Å². The van der Waals surface area contributed by atoms with Crippen molar-refractivity contribution in [1.29, 1.82) is 0 Å². The van der Waals surface area contributed by atoms with E-state index in [-0.39, 0.29) is 5.97 Å². The molecule has 0 aliphatic heterocycles. The number of hydrogen-bond acceptors (Lipinski definition) is 3. The van der Waals surface area contributed by atoms with E-state index < -0.39 is 0 Å². The maximum absolute atomic E-state index is 11.1. The van der Waals surface area contributed by atoms with E-state index in [9.17, 15) is 4.79 Å². The first-order chi connectivity index (χ1) is 5.65. The molecular formula is C9H11NO2. The summed E-state index contributed by atoms with van der Waals surface area (Å²) < 4.78 is 4.58. The number of hydrogen-bond donors (Lipinski definition) is 0. The molecular weight excluding hydrogens is 154 g/mol. The average Bonchev–Trinajstić information content (AvgIpc) is 2.03. The van der Waals surface area contributed by atoms with Gasteiger partial charge in [-0.1, -0.05) is 0 Å². The van der Waals surface area contributed by atoms with Gasteiger partial charge in [-0.2, -0.15) is 0 Å². The van der Waals surface area contributed by atoms with Gasteiger partial charge in [-0.25, -0.2) is 4.79 Å². The molecule has 0 spiro atoms. The first-order valence-electron chi connectivity index (χ1n) is 3.67. The van der Waals surface area contributed by atoms with Crippen molar-refractivity contribution in [2.75, 3.05) is 7.11 Å². The number of ether oxygens (including phenoxy) is 1. The Morgan fingerprint density at radius 3 is 2.58 bits per heavy atom. The Morgan fingerprint density at radius 2 is 2.08 bits per heavy atom. The zero-order chi connectivity index (χ0) is 9.14. The fraction of sp³-hybridized carbons (Fsp3) is 0.333. The van der Waals surface area contributed by atoms with Crippen molar-refractivity contribution in [2.45, 2.75) is 13.8 Å². The summed E-state index contributed by atoms with van der Waals surface area (Å²) in [5.41, 5.74) is 2.14. The molecule has 0 unspecified atom stereocenters. The molecule has 0 fully saturated rings. The second kappa shape index (κ2) is 3.34. The number of carbonyl (C=O) groups excluding carboxylic acids is 1. The van der Waals surface area contributed by atoms with E-state index in [1.807, 2.05) is 6.92 Å². The number of pyridine rings is 1. The molecule has 0 atom stereocenters. The summed E-state index contributed by atoms with van der Waals surface area (Å²) in [7, 11) is 1.36. The SMILES string of the molecule is COC(=O)c1ccc(C)nc1C. The Kier molecular flexibility index (Phi) is 2.43. The van der Waals surface area contributed by atoms with Crippen LogP contribution in [0, 0.1) is 13.8 Å². The fourth-order valence-corrected chi connectivity index (χ4v) is 1.01. The zero-order valence-electron chi connectivity index (χ0n) is 7.42. The maximum atomic E-state index is 11.1. The van der Waals surface area contributed by atoms with Crippen LogP contribution in [-0.4, -0.2) is 18.1 Å². The molecule has 0 aliphatic rings. The van der Waals surface area contributed by atoms with Crippen LogP contribution in [0.4, 0.5) is 0 Å². The molecule has 1 aromatic rings. The predicted octanol–water partition coefficient (Wildman–Crippen LogP) is 1.49. The van der Waals surface area contributed by atoms with Crippen LogP contribution < -0.4 is 0 Å². The highest BCUT2D eigenvalue weighted by atomic mass is 16.5. The van der Waals surface area contributed by atoms with Crippen LogP contribution in [0.2, 0.25) is 0 Å². The number of carbonyl (C=O) groups is 1. The molecule has 3 heteroatoms. The molecule has 0 bridgehead atoms. The molecule has 1 heterocycles. The highest BCUT2D eigenvalue weighted by molar-refractivity contribution is 5.90. The molecule has 1 aromatic heterocycles. The average molecular weight is 165 g/mol. The molecule has 0 saturated heterocycles. The van der Waals surface area contributed by atoms with Crippen molar-refractivity contribution in [1.82, 2.24) is 4.98 Å². The first kappa shape index (κ1) is 8.71. The van der Waals surface area contributed by atoms with Gasteiger partial charge in [0.25, 0.3) is 0 Å². The Morgan fingerprint density at radius 1 is 1.42 bits per heavy atom. The van der Waals surface area contributed by atoms with Crippen molar-refractivity contribution >= 4 is 5.97 Å². The van der Waals surface area contributed by atoms with Gasteiger partial charge in [0.15, 0.2) is 0 Å². The lowest BCUT2D eigenvalue weighted by molar-refractivity contribution is 0.0599. The molecule has 0 amide bonds. The minimum Gasteiger partial charge on any atom is -0.465 e. The van der Waals surface area contributed by atoms with Gasteiger partial charge < -0.3 is 4.74 Å². The van der Waals surface area contributed by atoms with E-state index in [0.717, 1.165) is 5.69 Å². The van der Waals surface area contributed by atoms with Gasteiger partial charge in [-0.3, -0.25) is 4.98 Å². The topological polar surface area (TPSA) is 39.2 Å². The standard InChI is InChI=1S/C9H11NO2/c1-6-4-5-8(7(2)10-6)9(11)12-3/h4-5H,1-3H3. The van der Waals surface area contributed by atoms with Gasteiger partial charge in [0.05, 0.1) is 18.4 Å². The summed E-state index contributed by atoms with van der Waals surface area (Å²) in [4.78, 5) is 15.2. The smallest absolute Gasteiger partial charge is 0.339 e. The van der Waals surface area contributed by atoms with E-state index in [1.165, 1.54) is 7.11 Å². The monoisotopic (exact) mass is 165 g/mol. The summed E-state index contributed by atoms with van der Waals surface area (Å²) in [5, 5.41) is 0. The normalized spacial score (nSPS) is 9.58. The van der Waals surface area contributed by atoms with E-state index in [1.54, 1.807) is 19.1 Å². The zero-order valence-corrected chi connectivity index (χ0v) is 7.42. The lowest BCUT2D eigenvalue weighted by Gasteiger charge is -2.02. The van der Waals surface area contributed by atoms with Gasteiger partial charge in [-0.15, -0.1) is 0 Å². The predicted molar refractivity (Wildman–Crippen MR) is 45.1 cm³/mol. The number of nitrogens with zero attached hydrogens (tertiary/aromatic N) is 1. The van der Waals surface area contributed by atoms with Gasteiger partial charge >= 0.3 is 5.97 Å². The molecule has 0 N–H and O–H groups in total. The molecule has 0 aliphatic carbocycles. The lowest BCUT2D eigenvalue weighted by Crippen LogP contribution is -2.05. The third-order valence-electron chi connectivity index (χ3n) is 1.63. The fourth-order valence-electron chi connectivity index (χ4n) is 1.01. The Labute approximate surface area is 71.4 Å². The van der Waals surface area contributed by atoms with Crippen LogP contribution in [0.5, 0.6) is 0 Å². The molecule has 1 rings (SSSR count). The van der Waals surface area contributed by atoms with Crippen LogP contribution in [0.15, 0.2) is 12.1 Å².